The predicted octanol–water partition coefficient (Wildman–Crippen LogP) is 1.61. The van der Waals surface area contributed by atoms with Crippen LogP contribution >= 0.6 is 0 Å². The maximum Gasteiger partial charge on any atom is 0.272 e. The molecule has 2 aromatic rings. The van der Waals surface area contributed by atoms with E-state index in [0.717, 1.165) is 42.6 Å². The second-order valence-corrected chi connectivity index (χ2v) is 8.11. The molecule has 0 saturated carbocycles. The number of nitrogens with one attached hydrogen (secondary N) is 2. The summed E-state index contributed by atoms with van der Waals surface area (Å²) in [4.78, 5) is 17.7. The Bertz CT molecular complexity index is 842. The largest absolute Gasteiger partial charge is 0.380 e. The summed E-state index contributed by atoms with van der Waals surface area (Å²) in [5, 5.41) is 11.5. The summed E-state index contributed by atoms with van der Waals surface area (Å²) in [5.74, 6) is 0.545. The number of H-pyrrole nitrogens is 1. The number of ether oxygens (including phenoxy) is 1. The highest BCUT2D eigenvalue weighted by Gasteiger charge is 2.35. The van der Waals surface area contributed by atoms with E-state index in [-0.39, 0.29) is 18.1 Å². The van der Waals surface area contributed by atoms with Crippen molar-refractivity contribution in [2.24, 2.45) is 5.92 Å². The summed E-state index contributed by atoms with van der Waals surface area (Å²) in [7, 11) is 1.77. The Balaban J connectivity index is 1.37. The van der Waals surface area contributed by atoms with Crippen LogP contribution in [0.1, 0.15) is 29.8 Å². The van der Waals surface area contributed by atoms with Gasteiger partial charge in [0.2, 0.25) is 0 Å². The van der Waals surface area contributed by atoms with Crippen molar-refractivity contribution in [2.75, 3.05) is 44.7 Å². The van der Waals surface area contributed by atoms with Gasteiger partial charge in [0.05, 0.1) is 11.6 Å². The van der Waals surface area contributed by atoms with Crippen molar-refractivity contribution in [1.29, 1.82) is 0 Å². The van der Waals surface area contributed by atoms with Crippen LogP contribution in [0.3, 0.4) is 0 Å². The third-order valence-electron chi connectivity index (χ3n) is 6.58. The predicted molar refractivity (Wildman–Crippen MR) is 104 cm³/mol. The highest BCUT2D eigenvalue weighted by atomic mass is 16.5. The number of piperidine rings is 3. The molecule has 6 rings (SSSR count). The van der Waals surface area contributed by atoms with Crippen molar-refractivity contribution >= 4 is 22.5 Å². The van der Waals surface area contributed by atoms with Crippen LogP contribution in [0.2, 0.25) is 0 Å². The molecule has 5 heterocycles. The monoisotopic (exact) mass is 369 g/mol. The summed E-state index contributed by atoms with van der Waals surface area (Å²) in [6.45, 7) is 5.17. The maximum atomic E-state index is 12.9. The van der Waals surface area contributed by atoms with E-state index in [1.807, 2.05) is 6.07 Å². The first-order valence-electron chi connectivity index (χ1n) is 10.0. The van der Waals surface area contributed by atoms with Gasteiger partial charge in [0, 0.05) is 43.9 Å². The van der Waals surface area contributed by atoms with Gasteiger partial charge < -0.3 is 19.9 Å². The van der Waals surface area contributed by atoms with Crippen molar-refractivity contribution in [3.63, 3.8) is 0 Å². The van der Waals surface area contributed by atoms with Gasteiger partial charge in [-0.1, -0.05) is 0 Å². The third-order valence-corrected chi connectivity index (χ3v) is 6.58. The Kier molecular flexibility index (Phi) is 4.28. The topological polar surface area (TPSA) is 73.5 Å². The van der Waals surface area contributed by atoms with Crippen LogP contribution in [0, 0.1) is 5.92 Å². The van der Waals surface area contributed by atoms with E-state index in [1.54, 1.807) is 7.11 Å². The minimum absolute atomic E-state index is 0.0617. The Morgan fingerprint density at radius 1 is 1.22 bits per heavy atom. The highest BCUT2D eigenvalue weighted by Crippen LogP contribution is 2.29. The number of hydrogen-bond donors (Lipinski definition) is 2. The van der Waals surface area contributed by atoms with Gasteiger partial charge in [0.15, 0.2) is 5.69 Å². The van der Waals surface area contributed by atoms with Gasteiger partial charge in [-0.15, -0.1) is 0 Å². The number of fused-ring (bicyclic) bond motifs is 4. The van der Waals surface area contributed by atoms with Gasteiger partial charge in [-0.2, -0.15) is 5.10 Å². The standard InChI is InChI=1S/C20H27N5O2/c1-27-15-6-9-25(11-15)14-2-3-17-16(10-14)19(23-22-17)20(26)21-18-12-24-7-4-13(18)5-8-24/h2-3,10,13,15,18H,4-9,11-12H2,1H3,(H,21,26)(H,22,23)/t15-,18+/m0/s1. The molecule has 7 nitrogen and oxygen atoms in total. The van der Waals surface area contributed by atoms with Crippen LogP contribution in [-0.2, 0) is 4.74 Å². The lowest BCUT2D eigenvalue weighted by atomic mass is 9.84. The number of amides is 1. The molecule has 0 spiro atoms. The summed E-state index contributed by atoms with van der Waals surface area (Å²) in [6, 6.07) is 6.44. The first-order valence-corrected chi connectivity index (χ1v) is 10.0. The molecule has 4 aliphatic heterocycles. The molecular formula is C20H27N5O2. The number of hydrogen-bond acceptors (Lipinski definition) is 5. The zero-order valence-electron chi connectivity index (χ0n) is 15.8. The van der Waals surface area contributed by atoms with Crippen LogP contribution in [0.5, 0.6) is 0 Å². The Morgan fingerprint density at radius 2 is 2.07 bits per heavy atom. The number of rotatable bonds is 4. The zero-order valence-corrected chi connectivity index (χ0v) is 15.8. The Hall–Kier alpha value is -2.12. The number of carbonyl (C=O) groups is 1. The fourth-order valence-electron chi connectivity index (χ4n) is 4.89. The molecule has 4 fully saturated rings. The highest BCUT2D eigenvalue weighted by molar-refractivity contribution is 6.05. The van der Waals surface area contributed by atoms with Crippen molar-refractivity contribution in [3.05, 3.63) is 23.9 Å². The smallest absolute Gasteiger partial charge is 0.272 e. The molecule has 1 aromatic heterocycles. The lowest BCUT2D eigenvalue weighted by Gasteiger charge is -2.44. The average molecular weight is 369 g/mol. The number of benzene rings is 1. The molecule has 2 N–H and O–H groups in total. The number of anilines is 1. The van der Waals surface area contributed by atoms with E-state index in [2.05, 4.69) is 37.4 Å². The quantitative estimate of drug-likeness (QED) is 0.857. The van der Waals surface area contributed by atoms with E-state index in [1.165, 1.54) is 25.9 Å². The van der Waals surface area contributed by atoms with Crippen molar-refractivity contribution < 1.29 is 9.53 Å². The van der Waals surface area contributed by atoms with E-state index < -0.39 is 0 Å². The molecule has 2 bridgehead atoms. The number of carbonyl (C=O) groups excluding carboxylic acids is 1. The van der Waals surface area contributed by atoms with Crippen LogP contribution in [-0.4, -0.2) is 73.0 Å². The average Bonchev–Trinajstić information content (AvgIpc) is 3.35. The Morgan fingerprint density at radius 3 is 2.78 bits per heavy atom. The van der Waals surface area contributed by atoms with Gasteiger partial charge >= 0.3 is 0 Å². The molecule has 27 heavy (non-hydrogen) atoms. The van der Waals surface area contributed by atoms with Crippen LogP contribution < -0.4 is 10.2 Å². The fourth-order valence-corrected chi connectivity index (χ4v) is 4.89. The van der Waals surface area contributed by atoms with Gasteiger partial charge in [-0.05, 0) is 56.5 Å². The lowest BCUT2D eigenvalue weighted by Crippen LogP contribution is -2.57. The second-order valence-electron chi connectivity index (χ2n) is 8.11. The van der Waals surface area contributed by atoms with Crippen LogP contribution in [0.25, 0.3) is 10.9 Å². The summed E-state index contributed by atoms with van der Waals surface area (Å²) >= 11 is 0. The first-order chi connectivity index (χ1) is 13.2. The van der Waals surface area contributed by atoms with Gasteiger partial charge in [0.25, 0.3) is 5.91 Å². The molecule has 0 aliphatic carbocycles. The molecule has 0 unspecified atom stereocenters. The SMILES string of the molecule is CO[C@H]1CCN(c2ccc3[nH]nc(C(=O)N[C@@H]4CN5CCC4CC5)c3c2)C1. The normalized spacial score (nSPS) is 30.2. The summed E-state index contributed by atoms with van der Waals surface area (Å²) in [5.41, 5.74) is 2.53. The van der Waals surface area contributed by atoms with E-state index >= 15 is 0 Å². The number of aromatic nitrogens is 2. The molecule has 4 saturated heterocycles. The van der Waals surface area contributed by atoms with Gasteiger partial charge in [-0.25, -0.2) is 0 Å². The maximum absolute atomic E-state index is 12.9. The van der Waals surface area contributed by atoms with E-state index in [9.17, 15) is 4.79 Å². The van der Waals surface area contributed by atoms with Crippen molar-refractivity contribution in [1.82, 2.24) is 20.4 Å². The van der Waals surface area contributed by atoms with Crippen molar-refractivity contribution in [3.8, 4) is 0 Å². The molecular weight excluding hydrogens is 342 g/mol. The molecule has 7 heteroatoms. The lowest BCUT2D eigenvalue weighted by molar-refractivity contribution is 0.0618. The van der Waals surface area contributed by atoms with Crippen LogP contribution in [0.4, 0.5) is 5.69 Å². The first kappa shape index (κ1) is 17.0. The molecule has 4 aliphatic rings. The minimum Gasteiger partial charge on any atom is -0.380 e. The number of nitrogens with zero attached hydrogens (tertiary/aromatic N) is 3. The van der Waals surface area contributed by atoms with Crippen LogP contribution in [0.15, 0.2) is 18.2 Å². The molecule has 1 amide bonds. The molecule has 0 radical (unpaired) electrons. The van der Waals surface area contributed by atoms with Crippen molar-refractivity contribution in [2.45, 2.75) is 31.4 Å². The number of methoxy groups -OCH3 is 1. The summed E-state index contributed by atoms with van der Waals surface area (Å²) in [6.07, 6.45) is 3.69. The fraction of sp³-hybridized carbons (Fsp3) is 0.600. The minimum atomic E-state index is -0.0617. The second kappa shape index (κ2) is 6.80. The van der Waals surface area contributed by atoms with Gasteiger partial charge in [0.1, 0.15) is 0 Å². The summed E-state index contributed by atoms with van der Waals surface area (Å²) < 4.78 is 5.48. The zero-order chi connectivity index (χ0) is 18.4. The third kappa shape index (κ3) is 3.08. The molecule has 2 atom stereocenters. The Labute approximate surface area is 159 Å². The van der Waals surface area contributed by atoms with E-state index in [0.29, 0.717) is 11.6 Å². The molecule has 144 valence electrons. The van der Waals surface area contributed by atoms with E-state index in [4.69, 9.17) is 4.74 Å². The van der Waals surface area contributed by atoms with Gasteiger partial charge in [-0.3, -0.25) is 9.89 Å². The molecule has 1 aromatic carbocycles. The number of aromatic amines is 1.